The lowest BCUT2D eigenvalue weighted by atomic mass is 9.97. The maximum atomic E-state index is 12.7. The average molecular weight is 331 g/mol. The molecule has 0 aliphatic rings. The minimum absolute atomic E-state index is 0.0974. The van der Waals surface area contributed by atoms with Crippen molar-refractivity contribution < 1.29 is 27.9 Å². The van der Waals surface area contributed by atoms with Gasteiger partial charge in [0.05, 0.1) is 5.56 Å². The van der Waals surface area contributed by atoms with E-state index >= 15 is 0 Å². The molecule has 1 aromatic rings. The molecular weight excluding hydrogens is 311 g/mol. The molecule has 0 aliphatic heterocycles. The topological polar surface area (TPSA) is 66.4 Å². The predicted molar refractivity (Wildman–Crippen MR) is 78.7 cm³/mol. The molecule has 1 rings (SSSR count). The van der Waals surface area contributed by atoms with Gasteiger partial charge in [-0.15, -0.1) is 0 Å². The van der Waals surface area contributed by atoms with Crippen molar-refractivity contribution in [3.63, 3.8) is 0 Å². The number of hydrogen-bond donors (Lipinski definition) is 2. The molecule has 2 atom stereocenters. The van der Waals surface area contributed by atoms with Crippen LogP contribution in [0.25, 0.3) is 0 Å². The number of halogens is 3. The van der Waals surface area contributed by atoms with Crippen LogP contribution in [0.15, 0.2) is 24.3 Å². The molecule has 128 valence electrons. The lowest BCUT2D eigenvalue weighted by Crippen LogP contribution is -2.46. The molecule has 0 saturated carbocycles. The van der Waals surface area contributed by atoms with E-state index in [4.69, 9.17) is 5.11 Å². The van der Waals surface area contributed by atoms with Crippen molar-refractivity contribution in [3.05, 3.63) is 35.4 Å². The molecule has 0 saturated heterocycles. The van der Waals surface area contributed by atoms with E-state index in [1.165, 1.54) is 12.1 Å². The number of carboxylic acid groups (broad SMARTS) is 1. The third-order valence-electron chi connectivity index (χ3n) is 3.47. The highest BCUT2D eigenvalue weighted by molar-refractivity contribution is 5.85. The summed E-state index contributed by atoms with van der Waals surface area (Å²) in [6, 6.07) is 3.74. The summed E-state index contributed by atoms with van der Waals surface area (Å²) in [5, 5.41) is 11.5. The van der Waals surface area contributed by atoms with Crippen molar-refractivity contribution in [3.8, 4) is 0 Å². The largest absolute Gasteiger partial charge is 0.480 e. The van der Waals surface area contributed by atoms with Crippen molar-refractivity contribution in [1.29, 1.82) is 0 Å². The summed E-state index contributed by atoms with van der Waals surface area (Å²) in [5.41, 5.74) is -0.396. The fourth-order valence-corrected chi connectivity index (χ4v) is 2.13. The Labute approximate surface area is 132 Å². The Morgan fingerprint density at radius 3 is 2.30 bits per heavy atom. The second kappa shape index (κ2) is 7.48. The minimum Gasteiger partial charge on any atom is -0.480 e. The standard InChI is InChI=1S/C16H20F3NO3/c1-9(2)13(15(22)23)20-14(21)10(3)7-11-5-4-6-12(8-11)16(17,18)19/h4-6,8-10,13H,7H2,1-3H3,(H,20,21)(H,22,23). The number of amides is 1. The molecule has 1 amide bonds. The first-order chi connectivity index (χ1) is 10.5. The van der Waals surface area contributed by atoms with Crippen molar-refractivity contribution in [2.24, 2.45) is 11.8 Å². The summed E-state index contributed by atoms with van der Waals surface area (Å²) in [4.78, 5) is 23.1. The summed E-state index contributed by atoms with van der Waals surface area (Å²) in [5.74, 6) is -2.57. The Hall–Kier alpha value is -2.05. The van der Waals surface area contributed by atoms with E-state index in [0.717, 1.165) is 12.1 Å². The van der Waals surface area contributed by atoms with Gasteiger partial charge >= 0.3 is 12.1 Å². The molecule has 2 N–H and O–H groups in total. The zero-order valence-corrected chi connectivity index (χ0v) is 13.1. The number of aliphatic carboxylic acids is 1. The van der Waals surface area contributed by atoms with E-state index < -0.39 is 35.6 Å². The van der Waals surface area contributed by atoms with Crippen molar-refractivity contribution in [2.45, 2.75) is 39.4 Å². The quantitative estimate of drug-likeness (QED) is 0.842. The zero-order chi connectivity index (χ0) is 17.8. The van der Waals surface area contributed by atoms with E-state index in [-0.39, 0.29) is 12.3 Å². The van der Waals surface area contributed by atoms with Crippen LogP contribution in [0.2, 0.25) is 0 Å². The van der Waals surface area contributed by atoms with Crippen LogP contribution in [-0.2, 0) is 22.2 Å². The highest BCUT2D eigenvalue weighted by Gasteiger charge is 2.31. The van der Waals surface area contributed by atoms with Crippen LogP contribution in [0, 0.1) is 11.8 Å². The SMILES string of the molecule is CC(Cc1cccc(C(F)(F)F)c1)C(=O)NC(C(=O)O)C(C)C. The number of alkyl halides is 3. The van der Waals surface area contributed by atoms with Gasteiger partial charge < -0.3 is 10.4 Å². The monoisotopic (exact) mass is 331 g/mol. The van der Waals surface area contributed by atoms with Crippen LogP contribution in [0.3, 0.4) is 0 Å². The minimum atomic E-state index is -4.44. The van der Waals surface area contributed by atoms with E-state index in [0.29, 0.717) is 5.56 Å². The molecule has 23 heavy (non-hydrogen) atoms. The van der Waals surface area contributed by atoms with Crippen LogP contribution in [-0.4, -0.2) is 23.0 Å². The van der Waals surface area contributed by atoms with Gasteiger partial charge in [-0.1, -0.05) is 39.0 Å². The molecule has 0 aliphatic carbocycles. The van der Waals surface area contributed by atoms with Gasteiger partial charge in [-0.2, -0.15) is 13.2 Å². The molecule has 0 aromatic heterocycles. The molecular formula is C16H20F3NO3. The van der Waals surface area contributed by atoms with Crippen LogP contribution in [0.4, 0.5) is 13.2 Å². The first-order valence-electron chi connectivity index (χ1n) is 7.21. The van der Waals surface area contributed by atoms with Gasteiger partial charge in [0.15, 0.2) is 0 Å². The summed E-state index contributed by atoms with van der Waals surface area (Å²) < 4.78 is 38.0. The average Bonchev–Trinajstić information content (AvgIpc) is 2.43. The first-order valence-corrected chi connectivity index (χ1v) is 7.21. The fraction of sp³-hybridized carbons (Fsp3) is 0.500. The third-order valence-corrected chi connectivity index (χ3v) is 3.47. The first kappa shape index (κ1) is 19.0. The number of hydrogen-bond acceptors (Lipinski definition) is 2. The number of rotatable bonds is 6. The van der Waals surface area contributed by atoms with Crippen LogP contribution in [0.5, 0.6) is 0 Å². The Bertz CT molecular complexity index is 570. The van der Waals surface area contributed by atoms with Gasteiger partial charge in [-0.25, -0.2) is 4.79 Å². The van der Waals surface area contributed by atoms with Crippen LogP contribution in [0.1, 0.15) is 31.9 Å². The highest BCUT2D eigenvalue weighted by atomic mass is 19.4. The lowest BCUT2D eigenvalue weighted by Gasteiger charge is -2.20. The van der Waals surface area contributed by atoms with Gasteiger partial charge in [0, 0.05) is 5.92 Å². The Morgan fingerprint density at radius 1 is 1.22 bits per heavy atom. The predicted octanol–water partition coefficient (Wildman–Crippen LogP) is 3.11. The molecule has 0 spiro atoms. The van der Waals surface area contributed by atoms with Gasteiger partial charge in [0.2, 0.25) is 5.91 Å². The number of carbonyl (C=O) groups is 2. The van der Waals surface area contributed by atoms with Crippen molar-refractivity contribution >= 4 is 11.9 Å². The van der Waals surface area contributed by atoms with Gasteiger partial charge in [-0.05, 0) is 24.0 Å². The maximum absolute atomic E-state index is 12.7. The number of carbonyl (C=O) groups excluding carboxylic acids is 1. The Balaban J connectivity index is 2.77. The van der Waals surface area contributed by atoms with E-state index in [9.17, 15) is 22.8 Å². The summed E-state index contributed by atoms with van der Waals surface area (Å²) in [7, 11) is 0. The molecule has 0 bridgehead atoms. The Kier molecular flexibility index (Phi) is 6.18. The Morgan fingerprint density at radius 2 is 1.83 bits per heavy atom. The molecule has 2 unspecified atom stereocenters. The van der Waals surface area contributed by atoms with E-state index in [1.54, 1.807) is 20.8 Å². The summed E-state index contributed by atoms with van der Waals surface area (Å²) >= 11 is 0. The van der Waals surface area contributed by atoms with Gasteiger partial charge in [-0.3, -0.25) is 4.79 Å². The highest BCUT2D eigenvalue weighted by Crippen LogP contribution is 2.30. The lowest BCUT2D eigenvalue weighted by molar-refractivity contribution is -0.143. The fourth-order valence-electron chi connectivity index (χ4n) is 2.13. The molecule has 7 heteroatoms. The van der Waals surface area contributed by atoms with E-state index in [2.05, 4.69) is 5.32 Å². The molecule has 0 fully saturated rings. The van der Waals surface area contributed by atoms with Crippen molar-refractivity contribution in [2.75, 3.05) is 0 Å². The van der Waals surface area contributed by atoms with Crippen LogP contribution < -0.4 is 5.32 Å². The summed E-state index contributed by atoms with van der Waals surface area (Å²) in [6.45, 7) is 4.88. The van der Waals surface area contributed by atoms with Gasteiger partial charge in [0.1, 0.15) is 6.04 Å². The van der Waals surface area contributed by atoms with Crippen molar-refractivity contribution in [1.82, 2.24) is 5.32 Å². The molecule has 0 radical (unpaired) electrons. The molecule has 0 heterocycles. The zero-order valence-electron chi connectivity index (χ0n) is 13.1. The number of nitrogens with one attached hydrogen (secondary N) is 1. The number of benzene rings is 1. The summed E-state index contributed by atoms with van der Waals surface area (Å²) in [6.07, 6.45) is -4.34. The second-order valence-corrected chi connectivity index (χ2v) is 5.87. The number of carboxylic acids is 1. The van der Waals surface area contributed by atoms with Gasteiger partial charge in [0.25, 0.3) is 0 Å². The maximum Gasteiger partial charge on any atom is 0.416 e. The van der Waals surface area contributed by atoms with Crippen LogP contribution >= 0.6 is 0 Å². The smallest absolute Gasteiger partial charge is 0.416 e. The third kappa shape index (κ3) is 5.58. The molecule has 1 aromatic carbocycles. The second-order valence-electron chi connectivity index (χ2n) is 5.87. The van der Waals surface area contributed by atoms with E-state index in [1.807, 2.05) is 0 Å². The normalized spacial score (nSPS) is 14.4. The molecule has 4 nitrogen and oxygen atoms in total.